The van der Waals surface area contributed by atoms with E-state index in [9.17, 15) is 15.3 Å². The average molecular weight is 319 g/mol. The number of aliphatic hydroxyl groups excluding tert-OH is 3. The maximum atomic E-state index is 10.4. The predicted octanol–water partition coefficient (Wildman–Crippen LogP) is 0.387. The standard InChI is InChI=1S/C16H33NO5/c1-3-5-9-21-15-13(12-19)17(7-8-18)11-14(20)16(15)22-10-6-4-2/h13-16,18-20H,3-12H2,1-2H3/t13-,14+,15?,16-/m1/s1. The zero-order valence-electron chi connectivity index (χ0n) is 14.0. The largest absolute Gasteiger partial charge is 0.395 e. The number of hydrogen-bond acceptors (Lipinski definition) is 6. The summed E-state index contributed by atoms with van der Waals surface area (Å²) in [6, 6.07) is -0.251. The molecule has 0 bridgehead atoms. The first kappa shape index (κ1) is 19.8. The summed E-state index contributed by atoms with van der Waals surface area (Å²) in [7, 11) is 0. The average Bonchev–Trinajstić information content (AvgIpc) is 2.50. The van der Waals surface area contributed by atoms with Crippen LogP contribution in [0.15, 0.2) is 0 Å². The van der Waals surface area contributed by atoms with E-state index in [0.717, 1.165) is 25.7 Å². The van der Waals surface area contributed by atoms with Gasteiger partial charge in [0, 0.05) is 26.3 Å². The maximum Gasteiger partial charge on any atom is 0.112 e. The highest BCUT2D eigenvalue weighted by molar-refractivity contribution is 4.96. The van der Waals surface area contributed by atoms with Crippen molar-refractivity contribution in [2.24, 2.45) is 0 Å². The van der Waals surface area contributed by atoms with Crippen molar-refractivity contribution in [2.75, 3.05) is 39.5 Å². The van der Waals surface area contributed by atoms with Crippen LogP contribution in [0.4, 0.5) is 0 Å². The van der Waals surface area contributed by atoms with Gasteiger partial charge in [0.2, 0.25) is 0 Å². The lowest BCUT2D eigenvalue weighted by molar-refractivity contribution is -0.187. The molecule has 1 heterocycles. The Kier molecular flexibility index (Phi) is 10.2. The Bertz CT molecular complexity index is 279. The molecule has 1 aliphatic rings. The van der Waals surface area contributed by atoms with Gasteiger partial charge in [0.1, 0.15) is 12.2 Å². The summed E-state index contributed by atoms with van der Waals surface area (Å²) in [6.45, 7) is 6.08. The Labute approximate surface area is 134 Å². The summed E-state index contributed by atoms with van der Waals surface area (Å²) >= 11 is 0. The summed E-state index contributed by atoms with van der Waals surface area (Å²) in [4.78, 5) is 1.89. The maximum absolute atomic E-state index is 10.4. The molecule has 0 amide bonds. The number of ether oxygens (including phenoxy) is 2. The normalized spacial score (nSPS) is 29.9. The van der Waals surface area contributed by atoms with Crippen molar-refractivity contribution < 1.29 is 24.8 Å². The van der Waals surface area contributed by atoms with Gasteiger partial charge in [-0.1, -0.05) is 26.7 Å². The van der Waals surface area contributed by atoms with Crippen molar-refractivity contribution in [1.82, 2.24) is 4.90 Å². The van der Waals surface area contributed by atoms with Gasteiger partial charge in [0.05, 0.1) is 25.4 Å². The molecule has 132 valence electrons. The molecular formula is C16H33NO5. The van der Waals surface area contributed by atoms with Crippen LogP contribution in [-0.4, -0.2) is 84.1 Å². The van der Waals surface area contributed by atoms with Crippen LogP contribution in [-0.2, 0) is 9.47 Å². The summed E-state index contributed by atoms with van der Waals surface area (Å²) in [6.07, 6.45) is 2.48. The minimum atomic E-state index is -0.669. The molecule has 0 spiro atoms. The van der Waals surface area contributed by atoms with E-state index in [1.54, 1.807) is 0 Å². The molecule has 22 heavy (non-hydrogen) atoms. The Morgan fingerprint density at radius 3 is 2.09 bits per heavy atom. The van der Waals surface area contributed by atoms with Gasteiger partial charge in [0.25, 0.3) is 0 Å². The van der Waals surface area contributed by atoms with E-state index in [0.29, 0.717) is 26.3 Å². The number of rotatable bonds is 11. The van der Waals surface area contributed by atoms with E-state index in [1.165, 1.54) is 0 Å². The summed E-state index contributed by atoms with van der Waals surface area (Å²) < 4.78 is 11.8. The van der Waals surface area contributed by atoms with Gasteiger partial charge in [-0.15, -0.1) is 0 Å². The molecule has 1 saturated heterocycles. The molecule has 6 nitrogen and oxygen atoms in total. The first-order valence-electron chi connectivity index (χ1n) is 8.56. The highest BCUT2D eigenvalue weighted by atomic mass is 16.6. The van der Waals surface area contributed by atoms with Gasteiger partial charge in [0.15, 0.2) is 0 Å². The van der Waals surface area contributed by atoms with Crippen LogP contribution in [0.2, 0.25) is 0 Å². The zero-order chi connectivity index (χ0) is 16.4. The molecule has 1 fully saturated rings. The highest BCUT2D eigenvalue weighted by Gasteiger charge is 2.44. The first-order chi connectivity index (χ1) is 10.7. The lowest BCUT2D eigenvalue weighted by Crippen LogP contribution is -2.64. The molecule has 6 heteroatoms. The fraction of sp³-hybridized carbons (Fsp3) is 1.00. The Morgan fingerprint density at radius 2 is 1.59 bits per heavy atom. The fourth-order valence-electron chi connectivity index (χ4n) is 2.87. The van der Waals surface area contributed by atoms with Crippen molar-refractivity contribution in [3.63, 3.8) is 0 Å². The van der Waals surface area contributed by atoms with Gasteiger partial charge in [-0.05, 0) is 12.8 Å². The van der Waals surface area contributed by atoms with E-state index in [2.05, 4.69) is 13.8 Å². The predicted molar refractivity (Wildman–Crippen MR) is 84.8 cm³/mol. The molecule has 0 radical (unpaired) electrons. The minimum Gasteiger partial charge on any atom is -0.395 e. The second kappa shape index (κ2) is 11.3. The number of aliphatic hydroxyl groups is 3. The van der Waals surface area contributed by atoms with Gasteiger partial charge >= 0.3 is 0 Å². The van der Waals surface area contributed by atoms with Crippen LogP contribution in [0, 0.1) is 0 Å². The smallest absolute Gasteiger partial charge is 0.112 e. The molecule has 0 aromatic rings. The van der Waals surface area contributed by atoms with E-state index >= 15 is 0 Å². The Morgan fingerprint density at radius 1 is 1.00 bits per heavy atom. The van der Waals surface area contributed by atoms with Crippen molar-refractivity contribution in [2.45, 2.75) is 63.9 Å². The third kappa shape index (κ3) is 5.76. The third-order valence-electron chi connectivity index (χ3n) is 4.16. The number of piperidine rings is 1. The number of unbranched alkanes of at least 4 members (excludes halogenated alkanes) is 2. The van der Waals surface area contributed by atoms with Crippen LogP contribution in [0.25, 0.3) is 0 Å². The second-order valence-corrected chi connectivity index (χ2v) is 5.91. The topological polar surface area (TPSA) is 82.4 Å². The van der Waals surface area contributed by atoms with Crippen LogP contribution >= 0.6 is 0 Å². The monoisotopic (exact) mass is 319 g/mol. The van der Waals surface area contributed by atoms with Gasteiger partial charge < -0.3 is 24.8 Å². The van der Waals surface area contributed by atoms with E-state index in [4.69, 9.17) is 9.47 Å². The van der Waals surface area contributed by atoms with Crippen LogP contribution in [0.5, 0.6) is 0 Å². The number of likely N-dealkylation sites (tertiary alicyclic amines) is 1. The summed E-state index contributed by atoms with van der Waals surface area (Å²) in [5, 5.41) is 29.3. The molecule has 0 saturated carbocycles. The van der Waals surface area contributed by atoms with Crippen LogP contribution in [0.1, 0.15) is 39.5 Å². The van der Waals surface area contributed by atoms with Crippen LogP contribution in [0.3, 0.4) is 0 Å². The molecule has 0 aromatic heterocycles. The van der Waals surface area contributed by atoms with Crippen LogP contribution < -0.4 is 0 Å². The van der Waals surface area contributed by atoms with Crippen molar-refractivity contribution >= 4 is 0 Å². The first-order valence-corrected chi connectivity index (χ1v) is 8.56. The number of hydrogen-bond donors (Lipinski definition) is 3. The lowest BCUT2D eigenvalue weighted by atomic mass is 9.93. The van der Waals surface area contributed by atoms with E-state index < -0.39 is 12.2 Å². The quantitative estimate of drug-likeness (QED) is 0.478. The van der Waals surface area contributed by atoms with Crippen molar-refractivity contribution in [3.05, 3.63) is 0 Å². The molecular weight excluding hydrogens is 286 g/mol. The number of β-amino-alcohol motifs (C(OH)–C–C–N with tert-alkyl or cyclic N) is 2. The highest BCUT2D eigenvalue weighted by Crippen LogP contribution is 2.24. The molecule has 4 atom stereocenters. The Balaban J connectivity index is 2.76. The lowest BCUT2D eigenvalue weighted by Gasteiger charge is -2.46. The Hall–Kier alpha value is -0.240. The minimum absolute atomic E-state index is 0.00768. The van der Waals surface area contributed by atoms with Crippen molar-refractivity contribution in [1.29, 1.82) is 0 Å². The van der Waals surface area contributed by atoms with E-state index in [-0.39, 0.29) is 25.4 Å². The summed E-state index contributed by atoms with van der Waals surface area (Å²) in [5.74, 6) is 0. The van der Waals surface area contributed by atoms with E-state index in [1.807, 2.05) is 4.90 Å². The number of nitrogens with zero attached hydrogens (tertiary/aromatic N) is 1. The van der Waals surface area contributed by atoms with Gasteiger partial charge in [-0.2, -0.15) is 0 Å². The van der Waals surface area contributed by atoms with Crippen molar-refractivity contribution in [3.8, 4) is 0 Å². The molecule has 0 aliphatic carbocycles. The molecule has 3 N–H and O–H groups in total. The fourth-order valence-corrected chi connectivity index (χ4v) is 2.87. The molecule has 1 unspecified atom stereocenters. The SMILES string of the molecule is CCCCOC1[C@@H](CO)N(CCO)C[C@H](O)[C@H]1OCCCC. The zero-order valence-corrected chi connectivity index (χ0v) is 14.0. The van der Waals surface area contributed by atoms with Gasteiger partial charge in [-0.3, -0.25) is 4.90 Å². The third-order valence-corrected chi connectivity index (χ3v) is 4.16. The second-order valence-electron chi connectivity index (χ2n) is 5.91. The molecule has 1 aliphatic heterocycles. The molecule has 0 aromatic carbocycles. The molecule has 1 rings (SSSR count). The summed E-state index contributed by atoms with van der Waals surface area (Å²) in [5.41, 5.74) is 0. The van der Waals surface area contributed by atoms with Gasteiger partial charge in [-0.25, -0.2) is 0 Å².